The zero-order chi connectivity index (χ0) is 13.1. The van der Waals surface area contributed by atoms with Crippen molar-refractivity contribution in [1.29, 1.82) is 0 Å². The highest BCUT2D eigenvalue weighted by molar-refractivity contribution is 9.10. The summed E-state index contributed by atoms with van der Waals surface area (Å²) in [6, 6.07) is 5.52. The molecule has 1 heterocycles. The highest BCUT2D eigenvalue weighted by Crippen LogP contribution is 2.30. The Hall–Kier alpha value is -0.910. The normalized spacial score (nSPS) is 10.4. The Kier molecular flexibility index (Phi) is 4.37. The third-order valence-electron chi connectivity index (χ3n) is 2.16. The summed E-state index contributed by atoms with van der Waals surface area (Å²) in [5, 5.41) is 3.09. The zero-order valence-corrected chi connectivity index (χ0v) is 12.6. The van der Waals surface area contributed by atoms with E-state index in [4.69, 9.17) is 16.3 Å². The van der Waals surface area contributed by atoms with Crippen molar-refractivity contribution < 1.29 is 9.53 Å². The molecule has 0 aliphatic carbocycles. The first-order valence-electron chi connectivity index (χ1n) is 5.20. The summed E-state index contributed by atoms with van der Waals surface area (Å²) in [7, 11) is 0. The topological polar surface area (TPSA) is 39.2 Å². The van der Waals surface area contributed by atoms with Crippen molar-refractivity contribution >= 4 is 44.8 Å². The van der Waals surface area contributed by atoms with Crippen LogP contribution < -0.4 is 0 Å². The third-order valence-corrected chi connectivity index (χ3v) is 4.26. The van der Waals surface area contributed by atoms with E-state index >= 15 is 0 Å². The van der Waals surface area contributed by atoms with E-state index in [1.165, 1.54) is 11.3 Å². The molecule has 0 fully saturated rings. The molecule has 0 bridgehead atoms. The van der Waals surface area contributed by atoms with Gasteiger partial charge in [0, 0.05) is 15.4 Å². The molecule has 94 valence electrons. The lowest BCUT2D eigenvalue weighted by Crippen LogP contribution is -2.04. The summed E-state index contributed by atoms with van der Waals surface area (Å²) in [5.41, 5.74) is 1.25. The van der Waals surface area contributed by atoms with E-state index in [-0.39, 0.29) is 0 Å². The van der Waals surface area contributed by atoms with Gasteiger partial charge in [-0.15, -0.1) is 11.3 Å². The Morgan fingerprint density at radius 2 is 2.33 bits per heavy atom. The van der Waals surface area contributed by atoms with E-state index in [0.717, 1.165) is 15.0 Å². The van der Waals surface area contributed by atoms with Gasteiger partial charge in [-0.3, -0.25) is 0 Å². The quantitative estimate of drug-likeness (QED) is 0.773. The Morgan fingerprint density at radius 1 is 1.56 bits per heavy atom. The maximum absolute atomic E-state index is 11.5. The van der Waals surface area contributed by atoms with Crippen LogP contribution >= 0.6 is 38.9 Å². The van der Waals surface area contributed by atoms with Crippen LogP contribution in [0, 0.1) is 0 Å². The molecule has 0 saturated heterocycles. The van der Waals surface area contributed by atoms with Crippen LogP contribution in [-0.4, -0.2) is 17.6 Å². The molecule has 1 aromatic carbocycles. The number of hydrogen-bond acceptors (Lipinski definition) is 4. The first-order chi connectivity index (χ1) is 8.61. The molecule has 0 aliphatic rings. The van der Waals surface area contributed by atoms with Gasteiger partial charge < -0.3 is 4.74 Å². The molecule has 0 amide bonds. The van der Waals surface area contributed by atoms with Crippen LogP contribution in [0.4, 0.5) is 0 Å². The van der Waals surface area contributed by atoms with Gasteiger partial charge in [-0.1, -0.05) is 17.7 Å². The van der Waals surface area contributed by atoms with E-state index in [1.54, 1.807) is 18.4 Å². The monoisotopic (exact) mass is 345 g/mol. The molecule has 3 nitrogen and oxygen atoms in total. The number of ether oxygens (including phenoxy) is 1. The van der Waals surface area contributed by atoms with Gasteiger partial charge in [0.15, 0.2) is 5.69 Å². The Labute approximate surface area is 122 Å². The molecular formula is C12H9BrClNO2S. The van der Waals surface area contributed by atoms with Crippen LogP contribution in [0.15, 0.2) is 28.1 Å². The molecule has 6 heteroatoms. The average Bonchev–Trinajstić information content (AvgIpc) is 2.82. The first-order valence-corrected chi connectivity index (χ1v) is 7.25. The average molecular weight is 347 g/mol. The number of carbonyl (C=O) groups excluding carboxylic acids is 1. The van der Waals surface area contributed by atoms with Crippen molar-refractivity contribution in [3.05, 3.63) is 38.8 Å². The lowest BCUT2D eigenvalue weighted by Gasteiger charge is -1.99. The fraction of sp³-hybridized carbons (Fsp3) is 0.167. The minimum atomic E-state index is -0.395. The largest absolute Gasteiger partial charge is 0.461 e. The third kappa shape index (κ3) is 2.91. The number of hydrogen-bond donors (Lipinski definition) is 0. The fourth-order valence-electron chi connectivity index (χ4n) is 1.33. The number of benzene rings is 1. The Morgan fingerprint density at radius 3 is 3.00 bits per heavy atom. The van der Waals surface area contributed by atoms with Gasteiger partial charge in [0.2, 0.25) is 0 Å². The standard InChI is InChI=1S/C12H9BrClNO2S/c1-2-17-12(16)10-6-18-11(15-10)7-3-4-9(14)8(13)5-7/h3-6H,2H2,1H3. The summed E-state index contributed by atoms with van der Waals surface area (Å²) in [5.74, 6) is -0.395. The van der Waals surface area contributed by atoms with Crippen molar-refractivity contribution in [3.63, 3.8) is 0 Å². The van der Waals surface area contributed by atoms with Crippen LogP contribution in [0.5, 0.6) is 0 Å². The molecule has 0 saturated carbocycles. The Balaban J connectivity index is 2.29. The van der Waals surface area contributed by atoms with E-state index in [2.05, 4.69) is 20.9 Å². The molecule has 0 atom stereocenters. The molecule has 0 aliphatic heterocycles. The number of carbonyl (C=O) groups is 1. The van der Waals surface area contributed by atoms with Gasteiger partial charge in [0.05, 0.1) is 11.6 Å². The van der Waals surface area contributed by atoms with Gasteiger partial charge in [-0.05, 0) is 35.0 Å². The summed E-state index contributed by atoms with van der Waals surface area (Å²) in [6.45, 7) is 2.11. The highest BCUT2D eigenvalue weighted by Gasteiger charge is 2.13. The number of thiazole rings is 1. The van der Waals surface area contributed by atoms with Crippen LogP contribution in [-0.2, 0) is 4.74 Å². The smallest absolute Gasteiger partial charge is 0.357 e. The van der Waals surface area contributed by atoms with Crippen LogP contribution in [0.1, 0.15) is 17.4 Å². The minimum Gasteiger partial charge on any atom is -0.461 e. The lowest BCUT2D eigenvalue weighted by molar-refractivity contribution is 0.0520. The second kappa shape index (κ2) is 5.82. The Bertz CT molecular complexity index is 585. The second-order valence-corrected chi connectivity index (χ2v) is 5.51. The number of esters is 1. The van der Waals surface area contributed by atoms with Gasteiger partial charge in [-0.2, -0.15) is 0 Å². The van der Waals surface area contributed by atoms with E-state index in [1.807, 2.05) is 12.1 Å². The molecular weight excluding hydrogens is 338 g/mol. The molecule has 0 radical (unpaired) electrons. The van der Waals surface area contributed by atoms with Crippen molar-refractivity contribution in [1.82, 2.24) is 4.98 Å². The van der Waals surface area contributed by atoms with E-state index in [0.29, 0.717) is 17.3 Å². The minimum absolute atomic E-state index is 0.336. The van der Waals surface area contributed by atoms with Gasteiger partial charge in [0.25, 0.3) is 0 Å². The van der Waals surface area contributed by atoms with E-state index in [9.17, 15) is 4.79 Å². The van der Waals surface area contributed by atoms with Gasteiger partial charge >= 0.3 is 5.97 Å². The maximum Gasteiger partial charge on any atom is 0.357 e. The molecule has 2 rings (SSSR count). The molecule has 0 N–H and O–H groups in total. The molecule has 0 unspecified atom stereocenters. The summed E-state index contributed by atoms with van der Waals surface area (Å²) < 4.78 is 5.70. The summed E-state index contributed by atoms with van der Waals surface area (Å²) >= 11 is 10.7. The van der Waals surface area contributed by atoms with Gasteiger partial charge in [0.1, 0.15) is 5.01 Å². The van der Waals surface area contributed by atoms with Crippen LogP contribution in [0.3, 0.4) is 0 Å². The lowest BCUT2D eigenvalue weighted by atomic mass is 10.2. The zero-order valence-electron chi connectivity index (χ0n) is 9.44. The highest BCUT2D eigenvalue weighted by atomic mass is 79.9. The molecule has 1 aromatic heterocycles. The van der Waals surface area contributed by atoms with Crippen molar-refractivity contribution in [2.75, 3.05) is 6.61 Å². The van der Waals surface area contributed by atoms with Crippen molar-refractivity contribution in [2.45, 2.75) is 6.92 Å². The van der Waals surface area contributed by atoms with Gasteiger partial charge in [-0.25, -0.2) is 9.78 Å². The number of rotatable bonds is 3. The van der Waals surface area contributed by atoms with E-state index < -0.39 is 5.97 Å². The fourth-order valence-corrected chi connectivity index (χ4v) is 2.62. The maximum atomic E-state index is 11.5. The number of halogens is 2. The number of nitrogens with zero attached hydrogens (tertiary/aromatic N) is 1. The second-order valence-electron chi connectivity index (χ2n) is 3.39. The first kappa shape index (κ1) is 13.5. The van der Waals surface area contributed by atoms with Crippen LogP contribution in [0.25, 0.3) is 10.6 Å². The summed E-state index contributed by atoms with van der Waals surface area (Å²) in [6.07, 6.45) is 0. The summed E-state index contributed by atoms with van der Waals surface area (Å²) in [4.78, 5) is 15.8. The molecule has 2 aromatic rings. The predicted molar refractivity (Wildman–Crippen MR) is 76.2 cm³/mol. The van der Waals surface area contributed by atoms with Crippen LogP contribution in [0.2, 0.25) is 5.02 Å². The molecule has 0 spiro atoms. The number of aromatic nitrogens is 1. The predicted octanol–water partition coefficient (Wildman–Crippen LogP) is 4.40. The molecule has 18 heavy (non-hydrogen) atoms. The van der Waals surface area contributed by atoms with Crippen molar-refractivity contribution in [3.8, 4) is 10.6 Å². The van der Waals surface area contributed by atoms with Crippen molar-refractivity contribution in [2.24, 2.45) is 0 Å². The SMILES string of the molecule is CCOC(=O)c1csc(-c2ccc(Cl)c(Br)c2)n1.